The highest BCUT2D eigenvalue weighted by molar-refractivity contribution is 5.90. The summed E-state index contributed by atoms with van der Waals surface area (Å²) in [6.07, 6.45) is -0.308. The van der Waals surface area contributed by atoms with E-state index in [0.29, 0.717) is 32.8 Å². The molecule has 1 saturated heterocycles. The molecule has 0 unspecified atom stereocenters. The van der Waals surface area contributed by atoms with E-state index in [-0.39, 0.29) is 12.1 Å². The summed E-state index contributed by atoms with van der Waals surface area (Å²) in [5, 5.41) is 2.94. The Morgan fingerprint density at radius 1 is 1.14 bits per heavy atom. The van der Waals surface area contributed by atoms with E-state index in [1.165, 1.54) is 0 Å². The number of rotatable bonds is 2. The van der Waals surface area contributed by atoms with Crippen LogP contribution in [0.1, 0.15) is 18.1 Å². The van der Waals surface area contributed by atoms with E-state index in [4.69, 9.17) is 4.74 Å². The van der Waals surface area contributed by atoms with Gasteiger partial charge in [-0.05, 0) is 38.0 Å². The molecule has 1 aliphatic heterocycles. The number of piperazine rings is 1. The van der Waals surface area contributed by atoms with Crippen LogP contribution >= 0.6 is 0 Å². The van der Waals surface area contributed by atoms with Crippen molar-refractivity contribution in [3.8, 4) is 0 Å². The minimum atomic E-state index is -0.308. The Kier molecular flexibility index (Phi) is 5.25. The van der Waals surface area contributed by atoms with E-state index >= 15 is 0 Å². The predicted molar refractivity (Wildman–Crippen MR) is 85.1 cm³/mol. The van der Waals surface area contributed by atoms with Crippen molar-refractivity contribution >= 4 is 17.8 Å². The van der Waals surface area contributed by atoms with Crippen LogP contribution in [0.3, 0.4) is 0 Å². The Morgan fingerprint density at radius 2 is 1.77 bits per heavy atom. The van der Waals surface area contributed by atoms with Crippen LogP contribution in [0.4, 0.5) is 15.3 Å². The van der Waals surface area contributed by atoms with Crippen molar-refractivity contribution in [1.82, 2.24) is 9.80 Å². The molecule has 0 aromatic heterocycles. The second-order valence-electron chi connectivity index (χ2n) is 5.35. The molecule has 0 spiro atoms. The molecule has 0 atom stereocenters. The number of nitrogens with one attached hydrogen (secondary N) is 1. The number of hydrogen-bond donors (Lipinski definition) is 1. The lowest BCUT2D eigenvalue weighted by Gasteiger charge is -2.34. The van der Waals surface area contributed by atoms with Gasteiger partial charge in [0.25, 0.3) is 0 Å². The van der Waals surface area contributed by atoms with Gasteiger partial charge in [-0.15, -0.1) is 0 Å². The van der Waals surface area contributed by atoms with Gasteiger partial charge in [0.2, 0.25) is 0 Å². The molecular weight excluding hydrogens is 282 g/mol. The number of aryl methyl sites for hydroxylation is 1. The molecule has 120 valence electrons. The van der Waals surface area contributed by atoms with Crippen molar-refractivity contribution in [2.45, 2.75) is 20.8 Å². The summed E-state index contributed by atoms with van der Waals surface area (Å²) < 4.78 is 4.97. The number of carbonyl (C=O) groups excluding carboxylic acids is 2. The van der Waals surface area contributed by atoms with Crippen molar-refractivity contribution < 1.29 is 14.3 Å². The van der Waals surface area contributed by atoms with Crippen LogP contribution in [0.5, 0.6) is 0 Å². The third kappa shape index (κ3) is 3.69. The second kappa shape index (κ2) is 7.15. The third-order valence-corrected chi connectivity index (χ3v) is 3.94. The molecule has 3 amide bonds. The van der Waals surface area contributed by atoms with Crippen LogP contribution < -0.4 is 5.32 Å². The number of ether oxygens (including phenoxy) is 1. The lowest BCUT2D eigenvalue weighted by Crippen LogP contribution is -2.51. The maximum absolute atomic E-state index is 12.3. The number of nitrogens with zero attached hydrogens (tertiary/aromatic N) is 2. The number of urea groups is 1. The Morgan fingerprint density at radius 3 is 2.41 bits per heavy atom. The highest BCUT2D eigenvalue weighted by Crippen LogP contribution is 2.18. The van der Waals surface area contributed by atoms with Crippen LogP contribution in [0.15, 0.2) is 18.2 Å². The molecule has 1 fully saturated rings. The molecule has 0 saturated carbocycles. The topological polar surface area (TPSA) is 61.9 Å². The van der Waals surface area contributed by atoms with Gasteiger partial charge in [-0.2, -0.15) is 0 Å². The highest BCUT2D eigenvalue weighted by Gasteiger charge is 2.25. The molecule has 1 aliphatic rings. The number of anilines is 1. The maximum Gasteiger partial charge on any atom is 0.409 e. The number of benzene rings is 1. The first-order valence-electron chi connectivity index (χ1n) is 7.56. The number of carbonyl (C=O) groups is 2. The average Bonchev–Trinajstić information content (AvgIpc) is 2.52. The van der Waals surface area contributed by atoms with Gasteiger partial charge >= 0.3 is 12.1 Å². The van der Waals surface area contributed by atoms with Gasteiger partial charge < -0.3 is 19.9 Å². The normalized spacial score (nSPS) is 14.7. The average molecular weight is 305 g/mol. The van der Waals surface area contributed by atoms with Gasteiger partial charge in [0.15, 0.2) is 0 Å². The van der Waals surface area contributed by atoms with Crippen molar-refractivity contribution in [2.75, 3.05) is 38.1 Å². The molecule has 0 aliphatic carbocycles. The maximum atomic E-state index is 12.3. The molecule has 1 N–H and O–H groups in total. The number of hydrogen-bond acceptors (Lipinski definition) is 3. The summed E-state index contributed by atoms with van der Waals surface area (Å²) in [6, 6.07) is 5.71. The Hall–Kier alpha value is -2.24. The fourth-order valence-corrected chi connectivity index (χ4v) is 2.39. The fourth-order valence-electron chi connectivity index (χ4n) is 2.39. The minimum Gasteiger partial charge on any atom is -0.450 e. The summed E-state index contributed by atoms with van der Waals surface area (Å²) >= 11 is 0. The smallest absolute Gasteiger partial charge is 0.409 e. The Balaban J connectivity index is 1.90. The van der Waals surface area contributed by atoms with Gasteiger partial charge in [-0.1, -0.05) is 12.1 Å². The van der Waals surface area contributed by atoms with Crippen LogP contribution in [-0.2, 0) is 4.74 Å². The van der Waals surface area contributed by atoms with Gasteiger partial charge in [-0.3, -0.25) is 0 Å². The van der Waals surface area contributed by atoms with E-state index in [2.05, 4.69) is 5.32 Å². The standard InChI is InChI=1S/C16H23N3O3/c1-4-22-16(21)19-10-8-18(9-11-19)15(20)17-14-7-5-6-12(2)13(14)3/h5-7H,4,8-11H2,1-3H3,(H,17,20). The molecule has 2 rings (SSSR count). The SMILES string of the molecule is CCOC(=O)N1CCN(C(=O)Nc2cccc(C)c2C)CC1. The summed E-state index contributed by atoms with van der Waals surface area (Å²) in [4.78, 5) is 27.3. The van der Waals surface area contributed by atoms with Crippen molar-refractivity contribution in [3.63, 3.8) is 0 Å². The van der Waals surface area contributed by atoms with Crippen molar-refractivity contribution in [3.05, 3.63) is 29.3 Å². The second-order valence-corrected chi connectivity index (χ2v) is 5.35. The summed E-state index contributed by atoms with van der Waals surface area (Å²) in [6.45, 7) is 8.17. The molecule has 0 radical (unpaired) electrons. The molecule has 1 heterocycles. The van der Waals surface area contributed by atoms with E-state index in [0.717, 1.165) is 16.8 Å². The molecule has 22 heavy (non-hydrogen) atoms. The first-order valence-corrected chi connectivity index (χ1v) is 7.56. The number of amides is 3. The quantitative estimate of drug-likeness (QED) is 0.913. The highest BCUT2D eigenvalue weighted by atomic mass is 16.6. The Labute approximate surface area is 131 Å². The lowest BCUT2D eigenvalue weighted by atomic mass is 10.1. The fraction of sp³-hybridized carbons (Fsp3) is 0.500. The summed E-state index contributed by atoms with van der Waals surface area (Å²) in [5.74, 6) is 0. The van der Waals surface area contributed by atoms with Crippen molar-refractivity contribution in [2.24, 2.45) is 0 Å². The van der Waals surface area contributed by atoms with Gasteiger partial charge in [0, 0.05) is 31.9 Å². The largest absolute Gasteiger partial charge is 0.450 e. The monoisotopic (exact) mass is 305 g/mol. The molecule has 1 aromatic carbocycles. The zero-order valence-corrected chi connectivity index (χ0v) is 13.4. The molecule has 1 aromatic rings. The minimum absolute atomic E-state index is 0.128. The lowest BCUT2D eigenvalue weighted by molar-refractivity contribution is 0.0868. The van der Waals surface area contributed by atoms with Crippen molar-refractivity contribution in [1.29, 1.82) is 0 Å². The third-order valence-electron chi connectivity index (χ3n) is 3.94. The molecular formula is C16H23N3O3. The van der Waals surface area contributed by atoms with Crippen LogP contribution in [-0.4, -0.2) is 54.7 Å². The van der Waals surface area contributed by atoms with Crippen LogP contribution in [0, 0.1) is 13.8 Å². The zero-order valence-electron chi connectivity index (χ0n) is 13.4. The van der Waals surface area contributed by atoms with Crippen LogP contribution in [0.2, 0.25) is 0 Å². The van der Waals surface area contributed by atoms with Gasteiger partial charge in [0.1, 0.15) is 0 Å². The predicted octanol–water partition coefficient (Wildman–Crippen LogP) is 2.61. The summed E-state index contributed by atoms with van der Waals surface area (Å²) in [7, 11) is 0. The van der Waals surface area contributed by atoms with E-state index < -0.39 is 0 Å². The first-order chi connectivity index (χ1) is 10.5. The van der Waals surface area contributed by atoms with E-state index in [1.54, 1.807) is 16.7 Å². The van der Waals surface area contributed by atoms with E-state index in [1.807, 2.05) is 32.0 Å². The molecule has 6 nitrogen and oxygen atoms in total. The summed E-state index contributed by atoms with van der Waals surface area (Å²) in [5.41, 5.74) is 3.05. The molecule has 6 heteroatoms. The van der Waals surface area contributed by atoms with E-state index in [9.17, 15) is 9.59 Å². The Bertz CT molecular complexity index is 552. The molecule has 0 bridgehead atoms. The van der Waals surface area contributed by atoms with Gasteiger partial charge in [0.05, 0.1) is 6.61 Å². The van der Waals surface area contributed by atoms with Gasteiger partial charge in [-0.25, -0.2) is 9.59 Å². The zero-order chi connectivity index (χ0) is 16.1. The van der Waals surface area contributed by atoms with Crippen LogP contribution in [0.25, 0.3) is 0 Å². The first kappa shape index (κ1) is 16.1.